The van der Waals surface area contributed by atoms with Gasteiger partial charge in [-0.2, -0.15) is 13.2 Å². The first kappa shape index (κ1) is 24.7. The van der Waals surface area contributed by atoms with E-state index in [4.69, 9.17) is 0 Å². The Hall–Kier alpha value is -3.40. The molecule has 1 aliphatic heterocycles. The second kappa shape index (κ2) is 9.33. The minimum Gasteiger partial charge on any atom is -0.366 e. The quantitative estimate of drug-likeness (QED) is 0.474. The first-order valence-corrected chi connectivity index (χ1v) is 12.6. The number of rotatable bonds is 4. The smallest absolute Gasteiger partial charge is 0.366 e. The number of amides is 1. The number of anilines is 1. The second-order valence-electron chi connectivity index (χ2n) is 8.29. The van der Waals surface area contributed by atoms with Gasteiger partial charge in [-0.05, 0) is 41.5 Å². The zero-order chi connectivity index (χ0) is 25.4. The lowest BCUT2D eigenvalue weighted by atomic mass is 9.98. The third kappa shape index (κ3) is 5.32. The Kier molecular flexibility index (Phi) is 6.59. The molecule has 0 spiro atoms. The van der Waals surface area contributed by atoms with E-state index in [9.17, 15) is 30.8 Å². The molecule has 3 aromatic rings. The molecule has 35 heavy (non-hydrogen) atoms. The summed E-state index contributed by atoms with van der Waals surface area (Å²) >= 11 is 0. The predicted octanol–water partition coefficient (Wildman–Crippen LogP) is 4.88. The van der Waals surface area contributed by atoms with E-state index in [-0.39, 0.29) is 48.2 Å². The van der Waals surface area contributed by atoms with Crippen LogP contribution in [0.5, 0.6) is 0 Å². The number of carbonyl (C=O) groups is 1. The van der Waals surface area contributed by atoms with Crippen molar-refractivity contribution in [1.82, 2.24) is 4.90 Å². The topological polar surface area (TPSA) is 57.7 Å². The maximum atomic E-state index is 14.4. The summed E-state index contributed by atoms with van der Waals surface area (Å²) in [4.78, 5) is 16.6. The first-order chi connectivity index (χ1) is 16.4. The fourth-order valence-electron chi connectivity index (χ4n) is 4.06. The van der Waals surface area contributed by atoms with Gasteiger partial charge in [0.1, 0.15) is 5.82 Å². The molecule has 184 valence electrons. The highest BCUT2D eigenvalue weighted by Gasteiger charge is 2.32. The van der Waals surface area contributed by atoms with Crippen LogP contribution in [0.25, 0.3) is 11.1 Å². The van der Waals surface area contributed by atoms with Crippen LogP contribution in [0.2, 0.25) is 0 Å². The first-order valence-electron chi connectivity index (χ1n) is 10.8. The van der Waals surface area contributed by atoms with Crippen molar-refractivity contribution >= 4 is 21.4 Å². The summed E-state index contributed by atoms with van der Waals surface area (Å²) in [5.41, 5.74) is 0.537. The summed E-state index contributed by atoms with van der Waals surface area (Å²) in [6, 6.07) is 15.9. The molecule has 0 atom stereocenters. The number of nitrogens with zero attached hydrogens (tertiary/aromatic N) is 2. The Morgan fingerprint density at radius 2 is 1.54 bits per heavy atom. The van der Waals surface area contributed by atoms with Crippen LogP contribution in [0.4, 0.5) is 23.2 Å². The fourth-order valence-corrected chi connectivity index (χ4v) is 4.71. The Bertz CT molecular complexity index is 1350. The number of piperazine rings is 1. The van der Waals surface area contributed by atoms with Crippen molar-refractivity contribution in [1.29, 1.82) is 0 Å². The average molecular weight is 507 g/mol. The lowest BCUT2D eigenvalue weighted by Gasteiger charge is -2.36. The van der Waals surface area contributed by atoms with E-state index in [0.29, 0.717) is 11.6 Å². The van der Waals surface area contributed by atoms with E-state index < -0.39 is 27.4 Å². The van der Waals surface area contributed by atoms with Crippen LogP contribution in [0.15, 0.2) is 71.6 Å². The van der Waals surface area contributed by atoms with Crippen LogP contribution in [-0.4, -0.2) is 51.7 Å². The van der Waals surface area contributed by atoms with Gasteiger partial charge < -0.3 is 9.80 Å². The average Bonchev–Trinajstić information content (AvgIpc) is 2.83. The van der Waals surface area contributed by atoms with E-state index in [1.165, 1.54) is 17.0 Å². The van der Waals surface area contributed by atoms with Gasteiger partial charge in [-0.15, -0.1) is 0 Å². The molecule has 0 bridgehead atoms. The molecule has 1 fully saturated rings. The van der Waals surface area contributed by atoms with E-state index in [2.05, 4.69) is 0 Å². The van der Waals surface area contributed by atoms with Crippen molar-refractivity contribution in [3.8, 4) is 11.1 Å². The summed E-state index contributed by atoms with van der Waals surface area (Å²) in [7, 11) is -3.55. The van der Waals surface area contributed by atoms with Gasteiger partial charge in [0, 0.05) is 38.0 Å². The third-order valence-corrected chi connectivity index (χ3v) is 7.03. The van der Waals surface area contributed by atoms with Gasteiger partial charge in [-0.1, -0.05) is 36.4 Å². The molecule has 1 saturated heterocycles. The highest BCUT2D eigenvalue weighted by Crippen LogP contribution is 2.33. The monoisotopic (exact) mass is 506 g/mol. The molecule has 0 saturated carbocycles. The number of carbonyl (C=O) groups excluding carboxylic acids is 1. The largest absolute Gasteiger partial charge is 0.416 e. The van der Waals surface area contributed by atoms with Crippen LogP contribution < -0.4 is 4.90 Å². The lowest BCUT2D eigenvalue weighted by molar-refractivity contribution is -0.137. The Morgan fingerprint density at radius 3 is 2.11 bits per heavy atom. The fraction of sp³-hybridized carbons (Fsp3) is 0.240. The van der Waals surface area contributed by atoms with Crippen molar-refractivity contribution < 1.29 is 30.8 Å². The van der Waals surface area contributed by atoms with Crippen LogP contribution in [-0.2, 0) is 16.0 Å². The van der Waals surface area contributed by atoms with Gasteiger partial charge in [0.15, 0.2) is 9.84 Å². The molecule has 1 heterocycles. The zero-order valence-corrected chi connectivity index (χ0v) is 19.5. The summed E-state index contributed by atoms with van der Waals surface area (Å²) in [5.74, 6) is -1.35. The summed E-state index contributed by atoms with van der Waals surface area (Å²) in [6.45, 7) is 0.800. The van der Waals surface area contributed by atoms with Gasteiger partial charge in [0.25, 0.3) is 5.91 Å². The molecule has 10 heteroatoms. The van der Waals surface area contributed by atoms with Crippen LogP contribution in [0.1, 0.15) is 15.9 Å². The number of sulfone groups is 1. The van der Waals surface area contributed by atoms with Crippen molar-refractivity contribution in [2.75, 3.05) is 37.3 Å². The Labute approximate surface area is 200 Å². The summed E-state index contributed by atoms with van der Waals surface area (Å²) < 4.78 is 77.1. The molecule has 5 nitrogen and oxygen atoms in total. The van der Waals surface area contributed by atoms with Crippen LogP contribution >= 0.6 is 0 Å². The predicted molar refractivity (Wildman–Crippen MR) is 125 cm³/mol. The Balaban J connectivity index is 1.58. The second-order valence-corrected chi connectivity index (χ2v) is 10.3. The van der Waals surface area contributed by atoms with Crippen LogP contribution in [0, 0.1) is 5.82 Å². The molecular weight excluding hydrogens is 484 g/mol. The lowest BCUT2D eigenvalue weighted by Crippen LogP contribution is -2.49. The number of hydrogen-bond acceptors (Lipinski definition) is 4. The van der Waals surface area contributed by atoms with Gasteiger partial charge in [-0.25, -0.2) is 12.8 Å². The summed E-state index contributed by atoms with van der Waals surface area (Å²) in [6.07, 6.45) is -3.57. The summed E-state index contributed by atoms with van der Waals surface area (Å²) in [5, 5.41) is 0. The number of alkyl halides is 3. The molecule has 0 radical (unpaired) electrons. The molecule has 1 amide bonds. The molecule has 0 aromatic heterocycles. The van der Waals surface area contributed by atoms with Crippen molar-refractivity contribution in [3.63, 3.8) is 0 Å². The van der Waals surface area contributed by atoms with Crippen molar-refractivity contribution in [2.45, 2.75) is 11.1 Å². The number of hydrogen-bond donors (Lipinski definition) is 0. The third-order valence-electron chi connectivity index (χ3n) is 5.92. The minimum absolute atomic E-state index is 0.0194. The molecular formula is C25H22F4N2O3S. The van der Waals surface area contributed by atoms with E-state index in [1.807, 2.05) is 30.3 Å². The number of benzene rings is 3. The maximum Gasteiger partial charge on any atom is 0.416 e. The number of halogens is 4. The van der Waals surface area contributed by atoms with Gasteiger partial charge >= 0.3 is 6.18 Å². The highest BCUT2D eigenvalue weighted by atomic mass is 32.2. The molecule has 0 N–H and O–H groups in total. The van der Waals surface area contributed by atoms with Gasteiger partial charge in [0.2, 0.25) is 0 Å². The van der Waals surface area contributed by atoms with Crippen LogP contribution in [0.3, 0.4) is 0 Å². The molecule has 4 rings (SSSR count). The normalized spacial score (nSPS) is 14.8. The minimum atomic E-state index is -4.64. The van der Waals surface area contributed by atoms with E-state index in [1.54, 1.807) is 11.0 Å². The van der Waals surface area contributed by atoms with Crippen molar-refractivity contribution in [3.05, 3.63) is 83.7 Å². The Morgan fingerprint density at radius 1 is 0.886 bits per heavy atom. The molecule has 3 aromatic carbocycles. The van der Waals surface area contributed by atoms with Gasteiger partial charge in [0.05, 0.1) is 16.1 Å². The van der Waals surface area contributed by atoms with Crippen molar-refractivity contribution in [2.24, 2.45) is 0 Å². The SMILES string of the molecule is CS(=O)(=O)c1ccc(-c2ccccc2)c(C(=O)N2CCN(c3ccc(C(F)(F)F)cc3F)CC2)c1. The van der Waals surface area contributed by atoms with Gasteiger partial charge in [-0.3, -0.25) is 4.79 Å². The molecule has 0 aliphatic carbocycles. The van der Waals surface area contributed by atoms with E-state index in [0.717, 1.165) is 24.0 Å². The standard InChI is InChI=1S/C25H22F4N2O3S/c1-35(33,34)19-8-9-20(17-5-3-2-4-6-17)21(16-19)24(32)31-13-11-30(12-14-31)23-10-7-18(15-22(23)26)25(27,28)29/h2-10,15-16H,11-14H2,1H3. The highest BCUT2D eigenvalue weighted by molar-refractivity contribution is 7.90. The molecule has 0 unspecified atom stereocenters. The molecule has 1 aliphatic rings. The van der Waals surface area contributed by atoms with E-state index >= 15 is 0 Å². The maximum absolute atomic E-state index is 14.4. The zero-order valence-electron chi connectivity index (χ0n) is 18.7.